The number of anilines is 1. The average molecular weight is 580 g/mol. The highest BCUT2D eigenvalue weighted by atomic mass is 32.1. The number of benzene rings is 2. The molecular weight excluding hydrogens is 550 g/mol. The molecule has 3 heterocycles. The normalized spacial score (nSPS) is 28.6. The maximum absolute atomic E-state index is 14.0. The Morgan fingerprint density at radius 1 is 1.02 bits per heavy atom. The number of imide groups is 1. The molecule has 1 aromatic heterocycles. The van der Waals surface area contributed by atoms with Gasteiger partial charge in [-0.05, 0) is 67.3 Å². The number of nitrogens with zero attached hydrogens (tertiary/aromatic N) is 3. The lowest BCUT2D eigenvalue weighted by Crippen LogP contribution is -2.41. The second kappa shape index (κ2) is 9.70. The summed E-state index contributed by atoms with van der Waals surface area (Å²) in [5.74, 6) is -0.169. The Morgan fingerprint density at radius 2 is 1.81 bits per heavy atom. The van der Waals surface area contributed by atoms with Crippen LogP contribution in [0, 0.1) is 40.9 Å². The molecule has 42 heavy (non-hydrogen) atoms. The molecule has 2 aromatic carbocycles. The summed E-state index contributed by atoms with van der Waals surface area (Å²) < 4.78 is 11.7. The predicted molar refractivity (Wildman–Crippen MR) is 155 cm³/mol. The Kier molecular flexibility index (Phi) is 5.90. The average Bonchev–Trinajstić information content (AvgIpc) is 3.82. The van der Waals surface area contributed by atoms with Crippen molar-refractivity contribution in [2.75, 3.05) is 12.0 Å². The molecule has 8 nitrogen and oxygen atoms in total. The third-order valence-corrected chi connectivity index (χ3v) is 11.1. The lowest BCUT2D eigenvalue weighted by atomic mass is 9.71. The molecule has 0 spiro atoms. The molecule has 3 fully saturated rings. The van der Waals surface area contributed by atoms with E-state index < -0.39 is 11.8 Å². The van der Waals surface area contributed by atoms with Crippen LogP contribution in [0.3, 0.4) is 0 Å². The second-order valence-corrected chi connectivity index (χ2v) is 12.9. The molecule has 3 aromatic rings. The van der Waals surface area contributed by atoms with E-state index >= 15 is 0 Å². The van der Waals surface area contributed by atoms with Crippen LogP contribution in [0.25, 0.3) is 0 Å². The van der Waals surface area contributed by atoms with E-state index in [4.69, 9.17) is 14.3 Å². The first-order valence-corrected chi connectivity index (χ1v) is 15.4. The van der Waals surface area contributed by atoms with Crippen LogP contribution in [0.15, 0.2) is 53.7 Å². The van der Waals surface area contributed by atoms with Gasteiger partial charge in [-0.3, -0.25) is 9.59 Å². The summed E-state index contributed by atoms with van der Waals surface area (Å²) >= 11 is 1.46. The molecule has 0 N–H and O–H groups in total. The lowest BCUT2D eigenvalue weighted by Gasteiger charge is -2.29. The molecule has 212 valence electrons. The number of hydrogen-bond donors (Lipinski definition) is 0. The molecule has 3 aliphatic carbocycles. The van der Waals surface area contributed by atoms with E-state index in [1.165, 1.54) is 16.2 Å². The molecule has 5 aliphatic rings. The van der Waals surface area contributed by atoms with Gasteiger partial charge in [0.25, 0.3) is 0 Å². The number of carbonyl (C=O) groups excluding carboxylic acids is 2. The Morgan fingerprint density at radius 3 is 2.60 bits per heavy atom. The molecule has 6 atom stereocenters. The molecule has 0 unspecified atom stereocenters. The molecule has 9 heteroatoms. The largest absolute Gasteiger partial charge is 0.493 e. The number of thiophene rings is 1. The maximum Gasteiger partial charge on any atom is 0.238 e. The first-order chi connectivity index (χ1) is 20.6. The molecular formula is C33H29N3O5S. The number of rotatable bonds is 6. The van der Waals surface area contributed by atoms with Crippen LogP contribution in [0.2, 0.25) is 0 Å². The summed E-state index contributed by atoms with van der Waals surface area (Å²) in [7, 11) is 1.61. The first-order valence-electron chi connectivity index (χ1n) is 14.6. The van der Waals surface area contributed by atoms with E-state index in [2.05, 4.69) is 11.2 Å². The summed E-state index contributed by atoms with van der Waals surface area (Å²) in [5.41, 5.74) is 4.27. The van der Waals surface area contributed by atoms with Crippen molar-refractivity contribution in [3.05, 3.63) is 75.7 Å². The predicted octanol–water partition coefficient (Wildman–Crippen LogP) is 5.26. The van der Waals surface area contributed by atoms with Crippen molar-refractivity contribution in [3.63, 3.8) is 0 Å². The lowest BCUT2D eigenvalue weighted by molar-refractivity contribution is -0.125. The van der Waals surface area contributed by atoms with E-state index in [-0.39, 0.29) is 35.7 Å². The first kappa shape index (κ1) is 25.5. The molecule has 8 rings (SSSR count). The zero-order valence-corrected chi connectivity index (χ0v) is 23.9. The van der Waals surface area contributed by atoms with Crippen molar-refractivity contribution in [2.24, 2.45) is 34.7 Å². The van der Waals surface area contributed by atoms with Crippen LogP contribution >= 0.6 is 11.3 Å². The van der Waals surface area contributed by atoms with Gasteiger partial charge in [0, 0.05) is 22.3 Å². The minimum atomic E-state index is -0.424. The minimum absolute atomic E-state index is 0.0483. The SMILES string of the molecule is COc1cc(C2=NO[C@@H]3[C@H]4C[C@H]([C@H]5C(=O)N(c6sc7c(c6C#N)CCCC7)C(=O)[C@H]45)[C@H]23)ccc1OCc1ccccc1. The van der Waals surface area contributed by atoms with Crippen LogP contribution in [0.5, 0.6) is 11.5 Å². The smallest absolute Gasteiger partial charge is 0.238 e. The van der Waals surface area contributed by atoms with E-state index in [1.54, 1.807) is 7.11 Å². The highest BCUT2D eigenvalue weighted by molar-refractivity contribution is 7.17. The molecule has 0 radical (unpaired) electrons. The third-order valence-electron chi connectivity index (χ3n) is 9.85. The second-order valence-electron chi connectivity index (χ2n) is 11.8. The zero-order valence-electron chi connectivity index (χ0n) is 23.1. The van der Waals surface area contributed by atoms with Gasteiger partial charge in [0.2, 0.25) is 11.8 Å². The monoisotopic (exact) mass is 579 g/mol. The van der Waals surface area contributed by atoms with Gasteiger partial charge in [0.1, 0.15) is 23.8 Å². The van der Waals surface area contributed by atoms with Crippen molar-refractivity contribution in [1.82, 2.24) is 0 Å². The number of amides is 2. The number of aryl methyl sites for hydroxylation is 1. The van der Waals surface area contributed by atoms with Crippen molar-refractivity contribution in [1.29, 1.82) is 5.26 Å². The summed E-state index contributed by atoms with van der Waals surface area (Å²) in [6.07, 6.45) is 4.36. The fraction of sp³-hybridized carbons (Fsp3) is 0.394. The minimum Gasteiger partial charge on any atom is -0.493 e. The molecule has 2 amide bonds. The summed E-state index contributed by atoms with van der Waals surface area (Å²) in [6.45, 7) is 0.422. The Balaban J connectivity index is 1.07. The van der Waals surface area contributed by atoms with Crippen molar-refractivity contribution in [2.45, 2.75) is 44.8 Å². The quantitative estimate of drug-likeness (QED) is 0.369. The fourth-order valence-electron chi connectivity index (χ4n) is 8.07. The zero-order chi connectivity index (χ0) is 28.5. The number of fused-ring (bicyclic) bond motifs is 9. The highest BCUT2D eigenvalue weighted by Crippen LogP contribution is 2.62. The standard InChI is InChI=1S/C33H29N3O5S/c1-39-24-13-18(11-12-23(24)40-16-17-7-3-2-4-8-17)29-28-20-14-21(30(28)41-35-29)27-26(20)31(37)36(32(27)38)33-22(15-34)19-9-5-6-10-25(19)42-33/h2-4,7-8,11-13,20-21,26-28,30H,5-6,9-10,14,16H2,1H3/t20-,21+,26-,27-,28-,30-/m1/s1. The van der Waals surface area contributed by atoms with Crippen LogP contribution in [-0.4, -0.2) is 30.7 Å². The molecule has 2 saturated carbocycles. The fourth-order valence-corrected chi connectivity index (χ4v) is 9.42. The van der Waals surface area contributed by atoms with Gasteiger partial charge >= 0.3 is 0 Å². The van der Waals surface area contributed by atoms with E-state index in [0.717, 1.165) is 59.4 Å². The van der Waals surface area contributed by atoms with Gasteiger partial charge in [-0.25, -0.2) is 4.90 Å². The van der Waals surface area contributed by atoms with Crippen molar-refractivity contribution < 1.29 is 23.9 Å². The molecule has 2 bridgehead atoms. The van der Waals surface area contributed by atoms with Gasteiger partial charge in [-0.2, -0.15) is 5.26 Å². The van der Waals surface area contributed by atoms with Crippen LogP contribution in [0.1, 0.15) is 46.4 Å². The van der Waals surface area contributed by atoms with Gasteiger partial charge in [0.05, 0.1) is 30.2 Å². The number of nitriles is 1. The van der Waals surface area contributed by atoms with E-state index in [1.807, 2.05) is 48.5 Å². The number of ether oxygens (including phenoxy) is 2. The Labute approximate surface area is 247 Å². The summed E-state index contributed by atoms with van der Waals surface area (Å²) in [4.78, 5) is 36.4. The van der Waals surface area contributed by atoms with E-state index in [0.29, 0.717) is 28.7 Å². The van der Waals surface area contributed by atoms with Crippen LogP contribution in [0.4, 0.5) is 5.00 Å². The van der Waals surface area contributed by atoms with Crippen LogP contribution in [-0.2, 0) is 33.9 Å². The van der Waals surface area contributed by atoms with Crippen molar-refractivity contribution >= 4 is 33.9 Å². The maximum atomic E-state index is 14.0. The number of carbonyl (C=O) groups is 2. The third kappa shape index (κ3) is 3.61. The van der Waals surface area contributed by atoms with Gasteiger partial charge < -0.3 is 14.3 Å². The highest BCUT2D eigenvalue weighted by Gasteiger charge is 2.70. The summed E-state index contributed by atoms with van der Waals surface area (Å²) in [6, 6.07) is 18.0. The Hall–Kier alpha value is -4.16. The Bertz CT molecular complexity index is 1690. The van der Waals surface area contributed by atoms with Gasteiger partial charge in [-0.1, -0.05) is 35.5 Å². The molecule has 2 aliphatic heterocycles. The summed E-state index contributed by atoms with van der Waals surface area (Å²) in [5, 5.41) is 15.0. The van der Waals surface area contributed by atoms with Crippen molar-refractivity contribution in [3.8, 4) is 17.6 Å². The number of oxime groups is 1. The number of methoxy groups -OCH3 is 1. The van der Waals surface area contributed by atoms with Gasteiger partial charge in [0.15, 0.2) is 11.5 Å². The van der Waals surface area contributed by atoms with Crippen LogP contribution < -0.4 is 14.4 Å². The number of hydrogen-bond acceptors (Lipinski definition) is 8. The van der Waals surface area contributed by atoms with Gasteiger partial charge in [-0.15, -0.1) is 11.3 Å². The van der Waals surface area contributed by atoms with E-state index in [9.17, 15) is 14.9 Å². The topological polar surface area (TPSA) is 101 Å². The molecule has 1 saturated heterocycles.